The topological polar surface area (TPSA) is 44.4 Å². The molecular formula is C16H33N3O. The highest BCUT2D eigenvalue weighted by Crippen LogP contribution is 2.11. The zero-order valence-corrected chi connectivity index (χ0v) is 13.7. The molecule has 0 bridgehead atoms. The van der Waals surface area contributed by atoms with Gasteiger partial charge in [-0.3, -0.25) is 9.69 Å². The molecule has 0 spiro atoms. The first-order valence-electron chi connectivity index (χ1n) is 8.36. The Balaban J connectivity index is 2.52. The highest BCUT2D eigenvalue weighted by Gasteiger charge is 2.25. The molecule has 0 aromatic rings. The van der Waals surface area contributed by atoms with E-state index >= 15 is 0 Å². The first-order valence-corrected chi connectivity index (χ1v) is 8.36. The molecule has 3 unspecified atom stereocenters. The van der Waals surface area contributed by atoms with Crippen molar-refractivity contribution in [1.29, 1.82) is 0 Å². The van der Waals surface area contributed by atoms with E-state index in [1.54, 1.807) is 0 Å². The standard InChI is InChI=1S/C16H33N3O/c1-5-7-11-19(12-15-9-8-10-17-15)14(4)16(20)18-13(3)6-2/h13-15,17H,5-12H2,1-4H3,(H,18,20). The van der Waals surface area contributed by atoms with Crippen LogP contribution in [0.4, 0.5) is 0 Å². The molecule has 1 aliphatic heterocycles. The smallest absolute Gasteiger partial charge is 0.237 e. The molecular weight excluding hydrogens is 250 g/mol. The van der Waals surface area contributed by atoms with Gasteiger partial charge in [0.25, 0.3) is 0 Å². The van der Waals surface area contributed by atoms with Crippen LogP contribution in [0.3, 0.4) is 0 Å². The maximum Gasteiger partial charge on any atom is 0.237 e. The summed E-state index contributed by atoms with van der Waals surface area (Å²) in [6, 6.07) is 0.797. The van der Waals surface area contributed by atoms with Gasteiger partial charge in [-0.15, -0.1) is 0 Å². The molecule has 0 radical (unpaired) electrons. The van der Waals surface area contributed by atoms with Crippen LogP contribution >= 0.6 is 0 Å². The summed E-state index contributed by atoms with van der Waals surface area (Å²) in [6.07, 6.45) is 5.82. The Bertz CT molecular complexity index is 277. The lowest BCUT2D eigenvalue weighted by Gasteiger charge is -2.31. The van der Waals surface area contributed by atoms with E-state index in [2.05, 4.69) is 36.3 Å². The average Bonchev–Trinajstić information content (AvgIpc) is 2.95. The van der Waals surface area contributed by atoms with Gasteiger partial charge in [0.15, 0.2) is 0 Å². The summed E-state index contributed by atoms with van der Waals surface area (Å²) in [4.78, 5) is 14.7. The van der Waals surface area contributed by atoms with Crippen LogP contribution in [0.15, 0.2) is 0 Å². The largest absolute Gasteiger partial charge is 0.352 e. The van der Waals surface area contributed by atoms with Crippen LogP contribution in [-0.4, -0.2) is 48.6 Å². The summed E-state index contributed by atoms with van der Waals surface area (Å²) < 4.78 is 0. The number of amides is 1. The van der Waals surface area contributed by atoms with Gasteiger partial charge < -0.3 is 10.6 Å². The fourth-order valence-corrected chi connectivity index (χ4v) is 2.63. The fourth-order valence-electron chi connectivity index (χ4n) is 2.63. The van der Waals surface area contributed by atoms with Crippen molar-refractivity contribution in [3.8, 4) is 0 Å². The molecule has 118 valence electrons. The van der Waals surface area contributed by atoms with E-state index in [9.17, 15) is 4.79 Å². The molecule has 1 saturated heterocycles. The lowest BCUT2D eigenvalue weighted by Crippen LogP contribution is -2.51. The van der Waals surface area contributed by atoms with Crippen LogP contribution in [0.25, 0.3) is 0 Å². The monoisotopic (exact) mass is 283 g/mol. The summed E-state index contributed by atoms with van der Waals surface area (Å²) in [5.74, 6) is 0.174. The molecule has 0 aromatic heterocycles. The number of unbranched alkanes of at least 4 members (excludes halogenated alkanes) is 1. The summed E-state index contributed by atoms with van der Waals surface area (Å²) in [7, 11) is 0. The van der Waals surface area contributed by atoms with Crippen molar-refractivity contribution in [3.63, 3.8) is 0 Å². The molecule has 1 aliphatic rings. The van der Waals surface area contributed by atoms with Crippen molar-refractivity contribution in [1.82, 2.24) is 15.5 Å². The van der Waals surface area contributed by atoms with Gasteiger partial charge in [-0.1, -0.05) is 20.3 Å². The van der Waals surface area contributed by atoms with E-state index in [1.807, 2.05) is 6.92 Å². The fraction of sp³-hybridized carbons (Fsp3) is 0.938. The molecule has 0 saturated carbocycles. The average molecular weight is 283 g/mol. The van der Waals surface area contributed by atoms with Gasteiger partial charge in [0, 0.05) is 18.6 Å². The van der Waals surface area contributed by atoms with Gasteiger partial charge in [-0.2, -0.15) is 0 Å². The minimum atomic E-state index is -0.0297. The Morgan fingerprint density at radius 3 is 2.70 bits per heavy atom. The first-order chi connectivity index (χ1) is 9.58. The first kappa shape index (κ1) is 17.4. The molecule has 3 atom stereocenters. The number of hydrogen-bond acceptors (Lipinski definition) is 3. The molecule has 0 aromatic carbocycles. The van der Waals surface area contributed by atoms with E-state index in [-0.39, 0.29) is 18.0 Å². The Morgan fingerprint density at radius 1 is 1.40 bits per heavy atom. The van der Waals surface area contributed by atoms with Crippen LogP contribution in [0.1, 0.15) is 59.8 Å². The van der Waals surface area contributed by atoms with Gasteiger partial charge in [0.2, 0.25) is 5.91 Å². The quantitative estimate of drug-likeness (QED) is 0.681. The number of nitrogens with one attached hydrogen (secondary N) is 2. The number of carbonyl (C=O) groups is 1. The van der Waals surface area contributed by atoms with E-state index in [4.69, 9.17) is 0 Å². The van der Waals surface area contributed by atoms with Crippen molar-refractivity contribution in [2.24, 2.45) is 0 Å². The Morgan fingerprint density at radius 2 is 2.15 bits per heavy atom. The Labute approximate surface area is 124 Å². The van der Waals surface area contributed by atoms with Gasteiger partial charge >= 0.3 is 0 Å². The van der Waals surface area contributed by atoms with Crippen molar-refractivity contribution in [3.05, 3.63) is 0 Å². The minimum Gasteiger partial charge on any atom is -0.352 e. The predicted octanol–water partition coefficient (Wildman–Crippen LogP) is 2.14. The molecule has 4 nitrogen and oxygen atoms in total. The number of nitrogens with zero attached hydrogens (tertiary/aromatic N) is 1. The molecule has 1 amide bonds. The summed E-state index contributed by atoms with van der Waals surface area (Å²) >= 11 is 0. The molecule has 20 heavy (non-hydrogen) atoms. The molecule has 0 aliphatic carbocycles. The third-order valence-electron chi connectivity index (χ3n) is 4.34. The highest BCUT2D eigenvalue weighted by atomic mass is 16.2. The van der Waals surface area contributed by atoms with E-state index < -0.39 is 0 Å². The molecule has 1 rings (SSSR count). The van der Waals surface area contributed by atoms with Gasteiger partial charge in [-0.05, 0) is 52.6 Å². The zero-order valence-electron chi connectivity index (χ0n) is 13.7. The maximum absolute atomic E-state index is 12.3. The highest BCUT2D eigenvalue weighted by molar-refractivity contribution is 5.81. The van der Waals surface area contributed by atoms with Gasteiger partial charge in [0.05, 0.1) is 6.04 Å². The van der Waals surface area contributed by atoms with Crippen LogP contribution in [0.5, 0.6) is 0 Å². The van der Waals surface area contributed by atoms with Gasteiger partial charge in [-0.25, -0.2) is 0 Å². The summed E-state index contributed by atoms with van der Waals surface area (Å²) in [6.45, 7) is 11.6. The van der Waals surface area contributed by atoms with Crippen molar-refractivity contribution < 1.29 is 4.79 Å². The summed E-state index contributed by atoms with van der Waals surface area (Å²) in [5, 5.41) is 6.65. The predicted molar refractivity (Wildman–Crippen MR) is 84.9 cm³/mol. The van der Waals surface area contributed by atoms with Crippen LogP contribution in [-0.2, 0) is 4.79 Å². The van der Waals surface area contributed by atoms with Crippen molar-refractivity contribution >= 4 is 5.91 Å². The van der Waals surface area contributed by atoms with Crippen LogP contribution in [0, 0.1) is 0 Å². The second-order valence-corrected chi connectivity index (χ2v) is 6.14. The second-order valence-electron chi connectivity index (χ2n) is 6.14. The minimum absolute atomic E-state index is 0.0297. The maximum atomic E-state index is 12.3. The van der Waals surface area contributed by atoms with Crippen molar-refractivity contribution in [2.75, 3.05) is 19.6 Å². The third-order valence-corrected chi connectivity index (χ3v) is 4.34. The Hall–Kier alpha value is -0.610. The molecule has 4 heteroatoms. The van der Waals surface area contributed by atoms with E-state index in [0.717, 1.165) is 32.5 Å². The van der Waals surface area contributed by atoms with E-state index in [0.29, 0.717) is 6.04 Å². The lowest BCUT2D eigenvalue weighted by molar-refractivity contribution is -0.126. The molecule has 1 heterocycles. The Kier molecular flexibility index (Phi) is 8.15. The summed E-state index contributed by atoms with van der Waals surface area (Å²) in [5.41, 5.74) is 0. The third kappa shape index (κ3) is 5.80. The van der Waals surface area contributed by atoms with Crippen molar-refractivity contribution in [2.45, 2.75) is 77.9 Å². The molecule has 1 fully saturated rings. The SMILES string of the molecule is CCCCN(CC1CCCN1)C(C)C(=O)NC(C)CC. The zero-order chi connectivity index (χ0) is 15.0. The number of carbonyl (C=O) groups excluding carboxylic acids is 1. The molecule has 2 N–H and O–H groups in total. The lowest BCUT2D eigenvalue weighted by atomic mass is 10.1. The second kappa shape index (κ2) is 9.35. The van der Waals surface area contributed by atoms with Crippen LogP contribution in [0.2, 0.25) is 0 Å². The van der Waals surface area contributed by atoms with Gasteiger partial charge in [0.1, 0.15) is 0 Å². The van der Waals surface area contributed by atoms with E-state index in [1.165, 1.54) is 19.3 Å². The van der Waals surface area contributed by atoms with Crippen LogP contribution < -0.4 is 10.6 Å². The normalized spacial score (nSPS) is 21.9. The number of rotatable bonds is 9. The number of hydrogen-bond donors (Lipinski definition) is 2.